The molecule has 3 N–H and O–H groups in total. The third kappa shape index (κ3) is 3.47. The van der Waals surface area contributed by atoms with Gasteiger partial charge in [-0.2, -0.15) is 0 Å². The maximum Gasteiger partial charge on any atom is 0.269 e. The average molecular weight is 306 g/mol. The van der Waals surface area contributed by atoms with Gasteiger partial charge in [0.2, 0.25) is 5.91 Å². The van der Waals surface area contributed by atoms with Crippen LogP contribution in [-0.4, -0.2) is 36.0 Å². The summed E-state index contributed by atoms with van der Waals surface area (Å²) in [6.07, 6.45) is 1.83. The van der Waals surface area contributed by atoms with Crippen molar-refractivity contribution in [3.05, 3.63) is 12.1 Å². The number of rotatable bonds is 6. The van der Waals surface area contributed by atoms with Gasteiger partial charge in [0.25, 0.3) is 5.91 Å². The number of fused-ring (bicyclic) bond motifs is 1. The van der Waals surface area contributed by atoms with Crippen LogP contribution in [-0.2, 0) is 9.59 Å². The van der Waals surface area contributed by atoms with E-state index in [9.17, 15) is 9.59 Å². The standard InChI is InChI=1S/C15H22N4O3/c1-3-5-8-17-13(20)9-19-14-11(6-7-12(16)18-14)22-10(4-2)15(19)21/h6-7,10H,3-5,8-9H2,1-2H3,(H2,16,18)(H,17,20). The molecule has 0 bridgehead atoms. The van der Waals surface area contributed by atoms with Crippen LogP contribution in [0.25, 0.3) is 0 Å². The molecule has 120 valence electrons. The minimum Gasteiger partial charge on any atom is -0.477 e. The molecule has 7 heteroatoms. The Morgan fingerprint density at radius 3 is 2.91 bits per heavy atom. The SMILES string of the molecule is CCCCNC(=O)CN1C(=O)C(CC)Oc2ccc(N)nc21. The number of nitrogens with one attached hydrogen (secondary N) is 1. The number of anilines is 2. The predicted octanol–water partition coefficient (Wildman–Crippen LogP) is 1.08. The van der Waals surface area contributed by atoms with Gasteiger partial charge in [-0.3, -0.25) is 14.5 Å². The largest absolute Gasteiger partial charge is 0.477 e. The van der Waals surface area contributed by atoms with Crippen molar-refractivity contribution in [1.82, 2.24) is 10.3 Å². The zero-order valence-electron chi connectivity index (χ0n) is 13.0. The number of nitrogens with zero attached hydrogens (tertiary/aromatic N) is 2. The first kappa shape index (κ1) is 16.1. The van der Waals surface area contributed by atoms with Crippen molar-refractivity contribution in [3.8, 4) is 5.75 Å². The Labute approximate surface area is 129 Å². The fourth-order valence-electron chi connectivity index (χ4n) is 2.23. The zero-order valence-corrected chi connectivity index (χ0v) is 13.0. The lowest BCUT2D eigenvalue weighted by Crippen LogP contribution is -2.50. The van der Waals surface area contributed by atoms with Crippen molar-refractivity contribution in [2.75, 3.05) is 23.7 Å². The lowest BCUT2D eigenvalue weighted by atomic mass is 10.2. The summed E-state index contributed by atoms with van der Waals surface area (Å²) in [5.74, 6) is 0.580. The Bertz CT molecular complexity index is 562. The molecule has 1 atom stereocenters. The third-order valence-electron chi connectivity index (χ3n) is 3.45. The van der Waals surface area contributed by atoms with Gasteiger partial charge in [0.1, 0.15) is 12.4 Å². The minimum atomic E-state index is -0.596. The van der Waals surface area contributed by atoms with E-state index in [0.29, 0.717) is 24.5 Å². The number of nitrogen functional groups attached to an aromatic ring is 1. The highest BCUT2D eigenvalue weighted by atomic mass is 16.5. The van der Waals surface area contributed by atoms with E-state index in [2.05, 4.69) is 10.3 Å². The second-order valence-corrected chi connectivity index (χ2v) is 5.20. The molecule has 0 aromatic carbocycles. The van der Waals surface area contributed by atoms with E-state index in [1.54, 1.807) is 12.1 Å². The third-order valence-corrected chi connectivity index (χ3v) is 3.45. The predicted molar refractivity (Wildman–Crippen MR) is 83.6 cm³/mol. The van der Waals surface area contributed by atoms with Gasteiger partial charge in [0.15, 0.2) is 17.7 Å². The number of carbonyl (C=O) groups excluding carboxylic acids is 2. The highest BCUT2D eigenvalue weighted by molar-refractivity contribution is 6.03. The molecule has 0 fully saturated rings. The van der Waals surface area contributed by atoms with Crippen molar-refractivity contribution in [1.29, 1.82) is 0 Å². The fraction of sp³-hybridized carbons (Fsp3) is 0.533. The molecular weight excluding hydrogens is 284 g/mol. The molecule has 2 heterocycles. The molecule has 1 aromatic rings. The molecule has 0 spiro atoms. The lowest BCUT2D eigenvalue weighted by Gasteiger charge is -2.32. The first-order valence-corrected chi connectivity index (χ1v) is 7.58. The summed E-state index contributed by atoms with van der Waals surface area (Å²) in [5.41, 5.74) is 5.68. The minimum absolute atomic E-state index is 0.0775. The maximum absolute atomic E-state index is 12.4. The van der Waals surface area contributed by atoms with Crippen molar-refractivity contribution < 1.29 is 14.3 Å². The normalized spacial score (nSPS) is 16.9. The van der Waals surface area contributed by atoms with Crippen LogP contribution in [0.1, 0.15) is 33.1 Å². The topological polar surface area (TPSA) is 97.5 Å². The number of hydrogen-bond acceptors (Lipinski definition) is 5. The van der Waals surface area contributed by atoms with E-state index < -0.39 is 6.10 Å². The van der Waals surface area contributed by atoms with Crippen LogP contribution >= 0.6 is 0 Å². The second kappa shape index (κ2) is 7.11. The molecule has 0 aliphatic carbocycles. The van der Waals surface area contributed by atoms with Gasteiger partial charge in [-0.1, -0.05) is 20.3 Å². The Kier molecular flexibility index (Phi) is 5.19. The number of pyridine rings is 1. The van der Waals surface area contributed by atoms with Crippen LogP contribution in [0, 0.1) is 0 Å². The molecule has 2 amide bonds. The summed E-state index contributed by atoms with van der Waals surface area (Å²) >= 11 is 0. The fourth-order valence-corrected chi connectivity index (χ4v) is 2.23. The Hall–Kier alpha value is -2.31. The molecule has 22 heavy (non-hydrogen) atoms. The molecule has 0 radical (unpaired) electrons. The van der Waals surface area contributed by atoms with Crippen LogP contribution in [0.2, 0.25) is 0 Å². The zero-order chi connectivity index (χ0) is 16.1. The smallest absolute Gasteiger partial charge is 0.269 e. The van der Waals surface area contributed by atoms with Gasteiger partial charge in [0, 0.05) is 6.54 Å². The van der Waals surface area contributed by atoms with E-state index in [4.69, 9.17) is 10.5 Å². The van der Waals surface area contributed by atoms with Crippen LogP contribution in [0.5, 0.6) is 5.75 Å². The number of aromatic nitrogens is 1. The van der Waals surface area contributed by atoms with E-state index in [1.165, 1.54) is 4.90 Å². The van der Waals surface area contributed by atoms with E-state index in [-0.39, 0.29) is 24.2 Å². The summed E-state index contributed by atoms with van der Waals surface area (Å²) < 4.78 is 5.62. The average Bonchev–Trinajstić information content (AvgIpc) is 2.50. The highest BCUT2D eigenvalue weighted by Gasteiger charge is 2.35. The van der Waals surface area contributed by atoms with Crippen LogP contribution in [0.4, 0.5) is 11.6 Å². The van der Waals surface area contributed by atoms with Crippen molar-refractivity contribution in [2.24, 2.45) is 0 Å². The summed E-state index contributed by atoms with van der Waals surface area (Å²) in [6.45, 7) is 4.43. The quantitative estimate of drug-likeness (QED) is 0.767. The summed E-state index contributed by atoms with van der Waals surface area (Å²) in [6, 6.07) is 3.29. The van der Waals surface area contributed by atoms with Gasteiger partial charge in [-0.05, 0) is 25.0 Å². The van der Waals surface area contributed by atoms with Crippen molar-refractivity contribution >= 4 is 23.5 Å². The van der Waals surface area contributed by atoms with E-state index in [0.717, 1.165) is 12.8 Å². The number of unbranched alkanes of at least 4 members (excludes halogenated alkanes) is 1. The van der Waals surface area contributed by atoms with Gasteiger partial charge >= 0.3 is 0 Å². The number of amides is 2. The monoisotopic (exact) mass is 306 g/mol. The maximum atomic E-state index is 12.4. The van der Waals surface area contributed by atoms with Gasteiger partial charge < -0.3 is 15.8 Å². The number of carbonyl (C=O) groups is 2. The molecule has 7 nitrogen and oxygen atoms in total. The second-order valence-electron chi connectivity index (χ2n) is 5.20. The summed E-state index contributed by atoms with van der Waals surface area (Å²) in [7, 11) is 0. The number of ether oxygens (including phenoxy) is 1. The molecule has 2 rings (SSSR count). The summed E-state index contributed by atoms with van der Waals surface area (Å²) in [4.78, 5) is 29.9. The van der Waals surface area contributed by atoms with Crippen LogP contribution < -0.4 is 20.7 Å². The first-order chi connectivity index (χ1) is 10.6. The van der Waals surface area contributed by atoms with Gasteiger partial charge in [-0.15, -0.1) is 0 Å². The molecule has 0 saturated carbocycles. The molecule has 1 aromatic heterocycles. The Morgan fingerprint density at radius 2 is 2.23 bits per heavy atom. The molecule has 0 saturated heterocycles. The summed E-state index contributed by atoms with van der Waals surface area (Å²) in [5, 5.41) is 2.80. The first-order valence-electron chi connectivity index (χ1n) is 7.58. The van der Waals surface area contributed by atoms with Crippen LogP contribution in [0.15, 0.2) is 12.1 Å². The molecular formula is C15H22N4O3. The van der Waals surface area contributed by atoms with E-state index in [1.807, 2.05) is 13.8 Å². The van der Waals surface area contributed by atoms with Crippen LogP contribution in [0.3, 0.4) is 0 Å². The Morgan fingerprint density at radius 1 is 1.45 bits per heavy atom. The molecule has 1 unspecified atom stereocenters. The van der Waals surface area contributed by atoms with Crippen molar-refractivity contribution in [3.63, 3.8) is 0 Å². The van der Waals surface area contributed by atoms with Gasteiger partial charge in [-0.25, -0.2) is 4.98 Å². The van der Waals surface area contributed by atoms with Crippen molar-refractivity contribution in [2.45, 2.75) is 39.2 Å². The number of nitrogens with two attached hydrogens (primary N) is 1. The highest BCUT2D eigenvalue weighted by Crippen LogP contribution is 2.33. The van der Waals surface area contributed by atoms with Gasteiger partial charge in [0.05, 0.1) is 0 Å². The Balaban J connectivity index is 2.18. The molecule has 1 aliphatic heterocycles. The lowest BCUT2D eigenvalue weighted by molar-refractivity contribution is -0.129. The van der Waals surface area contributed by atoms with E-state index >= 15 is 0 Å². The molecule has 1 aliphatic rings. The number of hydrogen-bond donors (Lipinski definition) is 2.